The number of hydrogen-bond donors (Lipinski definition) is 1. The molecule has 0 aromatic heterocycles. The number of piperazine rings is 1. The summed E-state index contributed by atoms with van der Waals surface area (Å²) in [5.41, 5.74) is 1.45. The van der Waals surface area contributed by atoms with E-state index in [4.69, 9.17) is 11.6 Å². The van der Waals surface area contributed by atoms with Crippen molar-refractivity contribution in [3.63, 3.8) is 0 Å². The molecule has 2 nitrogen and oxygen atoms in total. The second-order valence-electron chi connectivity index (χ2n) is 5.47. The predicted octanol–water partition coefficient (Wildman–Crippen LogP) is 3.93. The fourth-order valence-electron chi connectivity index (χ4n) is 3.16. The monoisotopic (exact) mass is 336 g/mol. The van der Waals surface area contributed by atoms with Crippen molar-refractivity contribution in [3.05, 3.63) is 34.9 Å². The van der Waals surface area contributed by atoms with Crippen molar-refractivity contribution < 1.29 is 0 Å². The first-order valence-electron chi connectivity index (χ1n) is 7.05. The second-order valence-corrected chi connectivity index (χ2v) is 5.91. The fraction of sp³-hybridized carbons (Fsp3) is 0.600. The molecule has 1 saturated carbocycles. The van der Waals surface area contributed by atoms with Crippen molar-refractivity contribution >= 4 is 36.4 Å². The zero-order valence-corrected chi connectivity index (χ0v) is 13.9. The summed E-state index contributed by atoms with van der Waals surface area (Å²) in [5.74, 6) is 0.851. The Hall–Kier alpha value is 0.01000. The van der Waals surface area contributed by atoms with Crippen LogP contribution in [0.25, 0.3) is 0 Å². The predicted molar refractivity (Wildman–Crippen MR) is 90.5 cm³/mol. The molecular weight excluding hydrogens is 315 g/mol. The molecule has 1 aromatic carbocycles. The van der Waals surface area contributed by atoms with Crippen LogP contribution in [-0.2, 0) is 0 Å². The number of halogens is 3. The number of benzene rings is 1. The van der Waals surface area contributed by atoms with Crippen LogP contribution in [0, 0.1) is 5.92 Å². The molecule has 0 spiro atoms. The molecule has 1 aromatic rings. The first-order valence-corrected chi connectivity index (χ1v) is 7.42. The van der Waals surface area contributed by atoms with Crippen LogP contribution in [0.3, 0.4) is 0 Å². The van der Waals surface area contributed by atoms with Crippen molar-refractivity contribution in [3.8, 4) is 0 Å². The van der Waals surface area contributed by atoms with Gasteiger partial charge in [-0.25, -0.2) is 0 Å². The van der Waals surface area contributed by atoms with Gasteiger partial charge in [0, 0.05) is 37.2 Å². The number of nitrogens with one attached hydrogen (secondary N) is 1. The van der Waals surface area contributed by atoms with Crippen LogP contribution in [0.2, 0.25) is 5.02 Å². The zero-order chi connectivity index (χ0) is 12.4. The van der Waals surface area contributed by atoms with Gasteiger partial charge in [0.1, 0.15) is 0 Å². The molecule has 1 atom stereocenters. The Labute approximate surface area is 139 Å². The van der Waals surface area contributed by atoms with Gasteiger partial charge in [-0.05, 0) is 36.5 Å². The van der Waals surface area contributed by atoms with Crippen LogP contribution < -0.4 is 5.32 Å². The third-order valence-electron chi connectivity index (χ3n) is 4.35. The summed E-state index contributed by atoms with van der Waals surface area (Å²) in [4.78, 5) is 2.66. The molecule has 3 rings (SSSR count). The third kappa shape index (κ3) is 4.02. The minimum Gasteiger partial charge on any atom is -0.314 e. The lowest BCUT2D eigenvalue weighted by Crippen LogP contribution is -2.47. The summed E-state index contributed by atoms with van der Waals surface area (Å²) in [6, 6.07) is 9.11. The van der Waals surface area contributed by atoms with E-state index in [1.807, 2.05) is 12.1 Å². The Morgan fingerprint density at radius 2 is 1.65 bits per heavy atom. The Morgan fingerprint density at radius 3 is 2.15 bits per heavy atom. The van der Waals surface area contributed by atoms with E-state index in [0.717, 1.165) is 24.0 Å². The lowest BCUT2D eigenvalue weighted by atomic mass is 9.76. The lowest BCUT2D eigenvalue weighted by Gasteiger charge is -2.43. The van der Waals surface area contributed by atoms with Gasteiger partial charge in [-0.1, -0.05) is 30.2 Å². The van der Waals surface area contributed by atoms with Crippen molar-refractivity contribution in [1.29, 1.82) is 0 Å². The van der Waals surface area contributed by atoms with Crippen LogP contribution >= 0.6 is 36.4 Å². The van der Waals surface area contributed by atoms with Gasteiger partial charge in [0.05, 0.1) is 0 Å². The Morgan fingerprint density at radius 1 is 1.05 bits per heavy atom. The highest BCUT2D eigenvalue weighted by Crippen LogP contribution is 2.41. The van der Waals surface area contributed by atoms with Crippen LogP contribution in [0.15, 0.2) is 24.3 Å². The van der Waals surface area contributed by atoms with Crippen LogP contribution in [0.5, 0.6) is 0 Å². The van der Waals surface area contributed by atoms with E-state index in [0.29, 0.717) is 6.04 Å². The average molecular weight is 338 g/mol. The minimum absolute atomic E-state index is 0. The summed E-state index contributed by atoms with van der Waals surface area (Å²) >= 11 is 6.01. The van der Waals surface area contributed by atoms with Crippen LogP contribution in [-0.4, -0.2) is 31.1 Å². The molecule has 0 bridgehead atoms. The summed E-state index contributed by atoms with van der Waals surface area (Å²) in [6.07, 6.45) is 4.18. The fourth-order valence-corrected chi connectivity index (χ4v) is 3.28. The molecule has 0 amide bonds. The Bertz CT molecular complexity index is 387. The molecule has 5 heteroatoms. The molecule has 1 aliphatic carbocycles. The van der Waals surface area contributed by atoms with Gasteiger partial charge in [0.2, 0.25) is 0 Å². The molecular formula is C15H23Cl3N2. The molecule has 2 aliphatic rings. The summed E-state index contributed by atoms with van der Waals surface area (Å²) < 4.78 is 0. The quantitative estimate of drug-likeness (QED) is 0.899. The molecule has 20 heavy (non-hydrogen) atoms. The average Bonchev–Trinajstić information content (AvgIpc) is 2.36. The topological polar surface area (TPSA) is 15.3 Å². The van der Waals surface area contributed by atoms with E-state index < -0.39 is 0 Å². The number of nitrogens with zero attached hydrogens (tertiary/aromatic N) is 1. The van der Waals surface area contributed by atoms with Crippen molar-refractivity contribution in [2.75, 3.05) is 26.2 Å². The number of rotatable bonds is 3. The van der Waals surface area contributed by atoms with Gasteiger partial charge in [0.15, 0.2) is 0 Å². The zero-order valence-electron chi connectivity index (χ0n) is 11.6. The van der Waals surface area contributed by atoms with Gasteiger partial charge in [-0.3, -0.25) is 4.90 Å². The molecule has 1 saturated heterocycles. The summed E-state index contributed by atoms with van der Waals surface area (Å²) in [6.45, 7) is 4.58. The maximum atomic E-state index is 6.01. The number of hydrogen-bond acceptors (Lipinski definition) is 2. The standard InChI is InChI=1S/C15H21ClN2.2ClH/c16-14-6-4-13(5-7-14)15(12-2-1-3-12)18-10-8-17-9-11-18;;/h4-7,12,15,17H,1-3,8-11H2;2*1H/t15-;;/m1../s1. The normalized spacial score (nSPS) is 21.2. The van der Waals surface area contributed by atoms with Crippen molar-refractivity contribution in [2.45, 2.75) is 25.3 Å². The maximum Gasteiger partial charge on any atom is 0.0406 e. The molecule has 1 N–H and O–H groups in total. The molecule has 1 heterocycles. The lowest BCUT2D eigenvalue weighted by molar-refractivity contribution is 0.0837. The Balaban J connectivity index is 0.000001000. The summed E-state index contributed by atoms with van der Waals surface area (Å²) in [7, 11) is 0. The first-order chi connectivity index (χ1) is 8.84. The van der Waals surface area contributed by atoms with Gasteiger partial charge < -0.3 is 5.32 Å². The minimum atomic E-state index is 0. The van der Waals surface area contributed by atoms with E-state index in [1.54, 1.807) is 0 Å². The van der Waals surface area contributed by atoms with E-state index in [2.05, 4.69) is 22.3 Å². The van der Waals surface area contributed by atoms with Gasteiger partial charge in [-0.15, -0.1) is 24.8 Å². The van der Waals surface area contributed by atoms with Crippen molar-refractivity contribution in [1.82, 2.24) is 10.2 Å². The molecule has 1 aliphatic heterocycles. The van der Waals surface area contributed by atoms with Gasteiger partial charge >= 0.3 is 0 Å². The van der Waals surface area contributed by atoms with Crippen LogP contribution in [0.1, 0.15) is 30.9 Å². The smallest absolute Gasteiger partial charge is 0.0406 e. The largest absolute Gasteiger partial charge is 0.314 e. The third-order valence-corrected chi connectivity index (χ3v) is 4.60. The SMILES string of the molecule is Cl.Cl.Clc1ccc([C@@H](C2CCC2)N2CCNCC2)cc1. The molecule has 0 radical (unpaired) electrons. The van der Waals surface area contributed by atoms with Gasteiger partial charge in [0.25, 0.3) is 0 Å². The first kappa shape index (κ1) is 18.1. The maximum absolute atomic E-state index is 6.01. The van der Waals surface area contributed by atoms with Gasteiger partial charge in [-0.2, -0.15) is 0 Å². The van der Waals surface area contributed by atoms with Crippen LogP contribution in [0.4, 0.5) is 0 Å². The van der Waals surface area contributed by atoms with E-state index in [-0.39, 0.29) is 24.8 Å². The molecule has 0 unspecified atom stereocenters. The highest BCUT2D eigenvalue weighted by molar-refractivity contribution is 6.30. The Kier molecular flexibility index (Phi) is 7.63. The second kappa shape index (κ2) is 8.45. The highest BCUT2D eigenvalue weighted by atomic mass is 35.5. The highest BCUT2D eigenvalue weighted by Gasteiger charge is 2.33. The molecule has 114 valence electrons. The molecule has 2 fully saturated rings. The summed E-state index contributed by atoms with van der Waals surface area (Å²) in [5, 5.41) is 4.28. The van der Waals surface area contributed by atoms with Crippen molar-refractivity contribution in [2.24, 2.45) is 5.92 Å². The van der Waals surface area contributed by atoms with E-state index in [9.17, 15) is 0 Å². The van der Waals surface area contributed by atoms with E-state index >= 15 is 0 Å². The van der Waals surface area contributed by atoms with E-state index in [1.165, 1.54) is 37.9 Å².